The van der Waals surface area contributed by atoms with E-state index in [0.717, 1.165) is 49.8 Å². The van der Waals surface area contributed by atoms with Crippen molar-refractivity contribution in [3.05, 3.63) is 71.5 Å². The van der Waals surface area contributed by atoms with E-state index in [0.29, 0.717) is 13.1 Å². The van der Waals surface area contributed by atoms with Crippen LogP contribution in [0.5, 0.6) is 0 Å². The molecule has 0 radical (unpaired) electrons. The minimum absolute atomic E-state index is 0.0675. The topological polar surface area (TPSA) is 52.7 Å². The standard InChI is InChI=1S/C28H34FN3O2/c1-20(33)30-28-18-31(2)16-13-24(28)25(21-9-4-3-5-10-21)32(19-28)26(34)27(14-6-7-15-27)22-11-8-12-23(29)17-22/h3-5,8-12,17,24-25H,6-7,13-16,18-19H2,1-2H3,(H,30,33)/t24-,25-,28-/m1/s1. The number of halogens is 1. The number of hydrogen-bond donors (Lipinski definition) is 1. The maximum absolute atomic E-state index is 14.6. The number of amides is 2. The predicted octanol–water partition coefficient (Wildman–Crippen LogP) is 4.05. The minimum atomic E-state index is -0.716. The molecule has 0 bridgehead atoms. The summed E-state index contributed by atoms with van der Waals surface area (Å²) in [6.07, 6.45) is 4.26. The maximum Gasteiger partial charge on any atom is 0.233 e. The van der Waals surface area contributed by atoms with E-state index in [-0.39, 0.29) is 29.6 Å². The molecule has 2 aliphatic heterocycles. The molecule has 2 aromatic carbocycles. The molecule has 0 unspecified atom stereocenters. The van der Waals surface area contributed by atoms with Gasteiger partial charge in [0.15, 0.2) is 0 Å². The largest absolute Gasteiger partial charge is 0.347 e. The summed E-state index contributed by atoms with van der Waals surface area (Å²) < 4.78 is 14.3. The lowest BCUT2D eigenvalue weighted by Crippen LogP contribution is -2.63. The number of rotatable bonds is 4. The summed E-state index contributed by atoms with van der Waals surface area (Å²) in [6.45, 7) is 3.66. The van der Waals surface area contributed by atoms with Crippen LogP contribution in [-0.4, -0.2) is 53.8 Å². The first-order valence-corrected chi connectivity index (χ1v) is 12.4. The van der Waals surface area contributed by atoms with Gasteiger partial charge in [0.25, 0.3) is 0 Å². The summed E-state index contributed by atoms with van der Waals surface area (Å²) in [4.78, 5) is 31.3. The van der Waals surface area contributed by atoms with Crippen LogP contribution in [0.4, 0.5) is 4.39 Å². The zero-order valence-corrected chi connectivity index (χ0v) is 20.1. The number of likely N-dealkylation sites (N-methyl/N-ethyl adjacent to an activating group) is 1. The highest BCUT2D eigenvalue weighted by atomic mass is 19.1. The lowest BCUT2D eigenvalue weighted by Gasteiger charge is -2.44. The molecule has 1 saturated carbocycles. The lowest BCUT2D eigenvalue weighted by atomic mass is 9.75. The van der Waals surface area contributed by atoms with Gasteiger partial charge in [-0.15, -0.1) is 0 Å². The molecule has 2 heterocycles. The highest BCUT2D eigenvalue weighted by Gasteiger charge is 2.59. The van der Waals surface area contributed by atoms with Crippen LogP contribution >= 0.6 is 0 Å². The molecule has 2 amide bonds. The summed E-state index contributed by atoms with van der Waals surface area (Å²) in [5, 5.41) is 3.29. The van der Waals surface area contributed by atoms with E-state index in [1.807, 2.05) is 29.2 Å². The molecule has 3 aliphatic rings. The molecule has 2 aromatic rings. The van der Waals surface area contributed by atoms with E-state index in [1.54, 1.807) is 19.1 Å². The fourth-order valence-electron chi connectivity index (χ4n) is 7.01. The number of fused-ring (bicyclic) bond motifs is 1. The first-order chi connectivity index (χ1) is 16.3. The van der Waals surface area contributed by atoms with E-state index >= 15 is 0 Å². The average Bonchev–Trinajstić information content (AvgIpc) is 3.42. The number of hydrogen-bond acceptors (Lipinski definition) is 3. The molecular weight excluding hydrogens is 429 g/mol. The normalized spacial score (nSPS) is 28.5. The Kier molecular flexibility index (Phi) is 5.96. The van der Waals surface area contributed by atoms with Crippen LogP contribution in [0.2, 0.25) is 0 Å². The number of nitrogens with zero attached hydrogens (tertiary/aromatic N) is 2. The highest BCUT2D eigenvalue weighted by Crippen LogP contribution is 2.51. The van der Waals surface area contributed by atoms with E-state index in [4.69, 9.17) is 0 Å². The highest BCUT2D eigenvalue weighted by molar-refractivity contribution is 5.90. The number of benzene rings is 2. The van der Waals surface area contributed by atoms with E-state index in [1.165, 1.54) is 6.07 Å². The smallest absolute Gasteiger partial charge is 0.233 e. The number of likely N-dealkylation sites (tertiary alicyclic amines) is 2. The van der Waals surface area contributed by atoms with Crippen LogP contribution in [0.25, 0.3) is 0 Å². The van der Waals surface area contributed by atoms with E-state index < -0.39 is 11.0 Å². The van der Waals surface area contributed by atoms with Gasteiger partial charge in [-0.1, -0.05) is 55.3 Å². The first kappa shape index (κ1) is 23.0. The first-order valence-electron chi connectivity index (χ1n) is 12.4. The Balaban J connectivity index is 1.62. The van der Waals surface area contributed by atoms with Crippen molar-refractivity contribution in [3.8, 4) is 0 Å². The van der Waals surface area contributed by atoms with Crippen LogP contribution in [-0.2, 0) is 15.0 Å². The van der Waals surface area contributed by atoms with Crippen LogP contribution in [0.15, 0.2) is 54.6 Å². The van der Waals surface area contributed by atoms with Gasteiger partial charge in [-0.3, -0.25) is 9.59 Å². The summed E-state index contributed by atoms with van der Waals surface area (Å²) in [5.74, 6) is -0.180. The second-order valence-electron chi connectivity index (χ2n) is 10.6. The monoisotopic (exact) mass is 463 g/mol. The maximum atomic E-state index is 14.6. The summed E-state index contributed by atoms with van der Waals surface area (Å²) >= 11 is 0. The molecule has 1 aliphatic carbocycles. The molecule has 0 spiro atoms. The van der Waals surface area contributed by atoms with Crippen LogP contribution < -0.4 is 5.32 Å². The Morgan fingerprint density at radius 2 is 1.76 bits per heavy atom. The fourth-order valence-corrected chi connectivity index (χ4v) is 7.01. The van der Waals surface area contributed by atoms with Gasteiger partial charge in [0.2, 0.25) is 11.8 Å². The molecular formula is C28H34FN3O2. The zero-order chi connectivity index (χ0) is 23.9. The number of nitrogens with one attached hydrogen (secondary N) is 1. The third kappa shape index (κ3) is 3.82. The molecule has 3 atom stereocenters. The SMILES string of the molecule is CC(=O)N[C@@]12CN(C)CC[C@@H]1[C@@H](c1ccccc1)N(C(=O)C1(c3cccc(F)c3)CCCC1)C2. The lowest BCUT2D eigenvalue weighted by molar-refractivity contribution is -0.139. The van der Waals surface area contributed by atoms with Crippen LogP contribution in [0.3, 0.4) is 0 Å². The molecule has 34 heavy (non-hydrogen) atoms. The van der Waals surface area contributed by atoms with Crippen molar-refractivity contribution >= 4 is 11.8 Å². The third-order valence-corrected chi connectivity index (χ3v) is 8.32. The van der Waals surface area contributed by atoms with E-state index in [9.17, 15) is 14.0 Å². The van der Waals surface area contributed by atoms with Gasteiger partial charge < -0.3 is 15.1 Å². The Morgan fingerprint density at radius 1 is 1.03 bits per heavy atom. The summed E-state index contributed by atoms with van der Waals surface area (Å²) in [5.41, 5.74) is 0.662. The minimum Gasteiger partial charge on any atom is -0.347 e. The Labute approximate surface area is 201 Å². The van der Waals surface area contributed by atoms with Gasteiger partial charge in [0.05, 0.1) is 17.0 Å². The van der Waals surface area contributed by atoms with Crippen molar-refractivity contribution in [1.29, 1.82) is 0 Å². The van der Waals surface area contributed by atoms with Gasteiger partial charge in [-0.05, 0) is 56.1 Å². The van der Waals surface area contributed by atoms with Crippen molar-refractivity contribution in [2.75, 3.05) is 26.7 Å². The number of carbonyl (C=O) groups is 2. The van der Waals surface area contributed by atoms with Gasteiger partial charge in [0.1, 0.15) is 5.82 Å². The summed E-state index contributed by atoms with van der Waals surface area (Å²) in [6, 6.07) is 16.7. The molecule has 5 rings (SSSR count). The quantitative estimate of drug-likeness (QED) is 0.745. The van der Waals surface area contributed by atoms with Crippen molar-refractivity contribution in [1.82, 2.24) is 15.1 Å². The van der Waals surface area contributed by atoms with Crippen LogP contribution in [0.1, 0.15) is 56.2 Å². The van der Waals surface area contributed by atoms with Gasteiger partial charge in [0, 0.05) is 25.9 Å². The number of piperidine rings is 1. The Bertz CT molecular complexity index is 1070. The van der Waals surface area contributed by atoms with Crippen molar-refractivity contribution in [2.45, 2.75) is 56.0 Å². The molecule has 180 valence electrons. The van der Waals surface area contributed by atoms with Crippen LogP contribution in [0, 0.1) is 11.7 Å². The molecule has 6 heteroatoms. The molecule has 5 nitrogen and oxygen atoms in total. The fraction of sp³-hybridized carbons (Fsp3) is 0.500. The van der Waals surface area contributed by atoms with Gasteiger partial charge >= 0.3 is 0 Å². The van der Waals surface area contributed by atoms with Gasteiger partial charge in [-0.2, -0.15) is 0 Å². The Morgan fingerprint density at radius 3 is 2.44 bits per heavy atom. The zero-order valence-electron chi connectivity index (χ0n) is 20.1. The molecule has 3 fully saturated rings. The third-order valence-electron chi connectivity index (χ3n) is 8.32. The predicted molar refractivity (Wildman–Crippen MR) is 130 cm³/mol. The number of carbonyl (C=O) groups excluding carboxylic acids is 2. The average molecular weight is 464 g/mol. The summed E-state index contributed by atoms with van der Waals surface area (Å²) in [7, 11) is 2.08. The van der Waals surface area contributed by atoms with Crippen molar-refractivity contribution in [2.24, 2.45) is 5.92 Å². The molecule has 0 aromatic heterocycles. The Hall–Kier alpha value is -2.73. The second-order valence-corrected chi connectivity index (χ2v) is 10.6. The van der Waals surface area contributed by atoms with E-state index in [2.05, 4.69) is 29.4 Å². The molecule has 2 saturated heterocycles. The van der Waals surface area contributed by atoms with Crippen molar-refractivity contribution < 1.29 is 14.0 Å². The second kappa shape index (κ2) is 8.81. The molecule has 1 N–H and O–H groups in total. The van der Waals surface area contributed by atoms with Crippen molar-refractivity contribution in [3.63, 3.8) is 0 Å². The van der Waals surface area contributed by atoms with Gasteiger partial charge in [-0.25, -0.2) is 4.39 Å².